The first-order valence-electron chi connectivity index (χ1n) is 5.94. The highest BCUT2D eigenvalue weighted by molar-refractivity contribution is 5.83. The molecule has 0 aliphatic carbocycles. The zero-order valence-electron chi connectivity index (χ0n) is 10.0. The van der Waals surface area contributed by atoms with E-state index in [1.165, 1.54) is 0 Å². The fourth-order valence-electron chi connectivity index (χ4n) is 2.15. The van der Waals surface area contributed by atoms with Crippen LogP contribution >= 0.6 is 0 Å². The fraction of sp³-hybridized carbons (Fsp3) is 0.462. The zero-order valence-corrected chi connectivity index (χ0v) is 10.0. The fourth-order valence-corrected chi connectivity index (χ4v) is 2.15. The number of anilines is 1. The minimum Gasteiger partial charge on any atom is -0.393 e. The molecule has 1 amide bonds. The van der Waals surface area contributed by atoms with Crippen LogP contribution in [0.4, 0.5) is 5.69 Å². The molecule has 1 unspecified atom stereocenters. The van der Waals surface area contributed by atoms with Gasteiger partial charge >= 0.3 is 0 Å². The lowest BCUT2D eigenvalue weighted by molar-refractivity contribution is -0.120. The third kappa shape index (κ3) is 2.97. The first-order valence-corrected chi connectivity index (χ1v) is 5.94. The molecule has 0 spiro atoms. The maximum atomic E-state index is 11.4. The van der Waals surface area contributed by atoms with E-state index >= 15 is 0 Å². The van der Waals surface area contributed by atoms with Crippen LogP contribution in [0.1, 0.15) is 12.5 Å². The summed E-state index contributed by atoms with van der Waals surface area (Å²) in [7, 11) is 0. The van der Waals surface area contributed by atoms with Crippen molar-refractivity contribution < 1.29 is 9.90 Å². The van der Waals surface area contributed by atoms with Crippen LogP contribution < -0.4 is 10.2 Å². The summed E-state index contributed by atoms with van der Waals surface area (Å²) in [5.41, 5.74) is 2.15. The maximum absolute atomic E-state index is 11.4. The topological polar surface area (TPSA) is 52.6 Å². The number of nitrogens with zero attached hydrogens (tertiary/aromatic N) is 1. The molecule has 0 bridgehead atoms. The highest BCUT2D eigenvalue weighted by Crippen LogP contribution is 2.22. The number of hydrogen-bond acceptors (Lipinski definition) is 3. The van der Waals surface area contributed by atoms with Crippen LogP contribution in [0.15, 0.2) is 24.3 Å². The number of aliphatic hydroxyl groups is 1. The second kappa shape index (κ2) is 5.19. The lowest BCUT2D eigenvalue weighted by Crippen LogP contribution is -2.48. The molecule has 1 fully saturated rings. The largest absolute Gasteiger partial charge is 0.393 e. The van der Waals surface area contributed by atoms with E-state index in [2.05, 4.69) is 10.2 Å². The van der Waals surface area contributed by atoms with Gasteiger partial charge in [-0.1, -0.05) is 18.2 Å². The summed E-state index contributed by atoms with van der Waals surface area (Å²) in [6.45, 7) is 3.68. The first kappa shape index (κ1) is 11.9. The van der Waals surface area contributed by atoms with Crippen molar-refractivity contribution in [3.8, 4) is 0 Å². The monoisotopic (exact) mass is 234 g/mol. The Kier molecular flexibility index (Phi) is 3.64. The van der Waals surface area contributed by atoms with Crippen LogP contribution in [0.5, 0.6) is 0 Å². The number of piperazine rings is 1. The van der Waals surface area contributed by atoms with Crippen LogP contribution in [-0.4, -0.2) is 36.8 Å². The third-order valence-corrected chi connectivity index (χ3v) is 2.89. The molecular formula is C13H18N2O2. The lowest BCUT2D eigenvalue weighted by atomic mass is 10.1. The van der Waals surface area contributed by atoms with E-state index in [1.54, 1.807) is 6.92 Å². The third-order valence-electron chi connectivity index (χ3n) is 2.89. The number of nitrogens with one attached hydrogen (secondary N) is 1. The van der Waals surface area contributed by atoms with Crippen LogP contribution in [0.2, 0.25) is 0 Å². The van der Waals surface area contributed by atoms with Crippen molar-refractivity contribution in [3.63, 3.8) is 0 Å². The molecule has 1 aliphatic rings. The second-order valence-corrected chi connectivity index (χ2v) is 4.45. The molecule has 4 nitrogen and oxygen atoms in total. The van der Waals surface area contributed by atoms with Gasteiger partial charge in [-0.15, -0.1) is 0 Å². The van der Waals surface area contributed by atoms with Gasteiger partial charge in [0.1, 0.15) is 0 Å². The number of carbonyl (C=O) groups excluding carboxylic acids is 1. The first-order chi connectivity index (χ1) is 8.16. The molecule has 92 valence electrons. The molecule has 4 heteroatoms. The van der Waals surface area contributed by atoms with E-state index in [4.69, 9.17) is 0 Å². The van der Waals surface area contributed by atoms with Crippen molar-refractivity contribution >= 4 is 11.6 Å². The Hall–Kier alpha value is -1.55. The van der Waals surface area contributed by atoms with Gasteiger partial charge in [0, 0.05) is 25.2 Å². The van der Waals surface area contributed by atoms with Gasteiger partial charge < -0.3 is 15.3 Å². The highest BCUT2D eigenvalue weighted by atomic mass is 16.3. The molecular weight excluding hydrogens is 216 g/mol. The SMILES string of the molecule is CC(O)Cc1ccccc1N1CCNC(=O)C1. The van der Waals surface area contributed by atoms with Crippen molar-refractivity contribution in [2.45, 2.75) is 19.4 Å². The summed E-state index contributed by atoms with van der Waals surface area (Å²) in [6, 6.07) is 7.95. The predicted molar refractivity (Wildman–Crippen MR) is 67.0 cm³/mol. The second-order valence-electron chi connectivity index (χ2n) is 4.45. The molecule has 1 aromatic rings. The Balaban J connectivity index is 2.21. The minimum atomic E-state index is -0.366. The smallest absolute Gasteiger partial charge is 0.239 e. The summed E-state index contributed by atoms with van der Waals surface area (Å²) in [5, 5.41) is 12.3. The van der Waals surface area contributed by atoms with Crippen molar-refractivity contribution in [1.29, 1.82) is 0 Å². The summed E-state index contributed by atoms with van der Waals surface area (Å²) < 4.78 is 0. The molecule has 2 N–H and O–H groups in total. The van der Waals surface area contributed by atoms with Crippen molar-refractivity contribution in [2.24, 2.45) is 0 Å². The number of benzene rings is 1. The van der Waals surface area contributed by atoms with E-state index in [9.17, 15) is 9.90 Å². The molecule has 0 saturated carbocycles. The number of hydrogen-bond donors (Lipinski definition) is 2. The summed E-state index contributed by atoms with van der Waals surface area (Å²) >= 11 is 0. The van der Waals surface area contributed by atoms with Crippen molar-refractivity contribution in [1.82, 2.24) is 5.32 Å². The Morgan fingerprint density at radius 1 is 1.47 bits per heavy atom. The zero-order chi connectivity index (χ0) is 12.3. The van der Waals surface area contributed by atoms with Gasteiger partial charge in [0.05, 0.1) is 12.6 Å². The Morgan fingerprint density at radius 2 is 2.24 bits per heavy atom. The molecule has 1 aliphatic heterocycles. The van der Waals surface area contributed by atoms with Crippen molar-refractivity contribution in [2.75, 3.05) is 24.5 Å². The van der Waals surface area contributed by atoms with E-state index < -0.39 is 0 Å². The van der Waals surface area contributed by atoms with Gasteiger partial charge in [-0.05, 0) is 18.6 Å². The van der Waals surface area contributed by atoms with Crippen LogP contribution in [0.25, 0.3) is 0 Å². The molecule has 1 saturated heterocycles. The normalized spacial score (nSPS) is 17.8. The van der Waals surface area contributed by atoms with E-state index in [1.807, 2.05) is 24.3 Å². The molecule has 0 radical (unpaired) electrons. The van der Waals surface area contributed by atoms with Gasteiger partial charge in [0.15, 0.2) is 0 Å². The van der Waals surface area contributed by atoms with E-state index in [-0.39, 0.29) is 12.0 Å². The summed E-state index contributed by atoms with van der Waals surface area (Å²) in [5.74, 6) is 0.0584. The van der Waals surface area contributed by atoms with E-state index in [0.717, 1.165) is 17.8 Å². The molecule has 17 heavy (non-hydrogen) atoms. The van der Waals surface area contributed by atoms with Crippen molar-refractivity contribution in [3.05, 3.63) is 29.8 Å². The molecule has 0 aromatic heterocycles. The molecule has 1 atom stereocenters. The number of amides is 1. The van der Waals surface area contributed by atoms with Gasteiger partial charge in [-0.3, -0.25) is 4.79 Å². The van der Waals surface area contributed by atoms with Crippen LogP contribution in [0, 0.1) is 0 Å². The number of para-hydroxylation sites is 1. The predicted octanol–water partition coefficient (Wildman–Crippen LogP) is 0.546. The van der Waals surface area contributed by atoms with Gasteiger partial charge in [0.2, 0.25) is 5.91 Å². The Bertz CT molecular complexity index is 404. The average molecular weight is 234 g/mol. The highest BCUT2D eigenvalue weighted by Gasteiger charge is 2.18. The Morgan fingerprint density at radius 3 is 2.94 bits per heavy atom. The standard InChI is InChI=1S/C13H18N2O2/c1-10(16)8-11-4-2-3-5-12(11)15-7-6-14-13(17)9-15/h2-5,10,16H,6-9H2,1H3,(H,14,17). The van der Waals surface area contributed by atoms with Gasteiger partial charge in [-0.2, -0.15) is 0 Å². The number of carbonyl (C=O) groups is 1. The maximum Gasteiger partial charge on any atom is 0.239 e. The average Bonchev–Trinajstić information content (AvgIpc) is 2.29. The van der Waals surface area contributed by atoms with Gasteiger partial charge in [0.25, 0.3) is 0 Å². The summed E-state index contributed by atoms with van der Waals surface area (Å²) in [4.78, 5) is 13.4. The number of rotatable bonds is 3. The molecule has 1 aromatic carbocycles. The van der Waals surface area contributed by atoms with E-state index in [0.29, 0.717) is 19.5 Å². The Labute approximate surface area is 101 Å². The van der Waals surface area contributed by atoms with Crippen LogP contribution in [0.3, 0.4) is 0 Å². The lowest BCUT2D eigenvalue weighted by Gasteiger charge is -2.30. The van der Waals surface area contributed by atoms with Crippen LogP contribution in [-0.2, 0) is 11.2 Å². The number of aliphatic hydroxyl groups excluding tert-OH is 1. The van der Waals surface area contributed by atoms with Gasteiger partial charge in [-0.25, -0.2) is 0 Å². The molecule has 1 heterocycles. The minimum absolute atomic E-state index is 0.0584. The quantitative estimate of drug-likeness (QED) is 0.803. The summed E-state index contributed by atoms with van der Waals surface area (Å²) in [6.07, 6.45) is 0.253. The molecule has 2 rings (SSSR count).